The van der Waals surface area contributed by atoms with Crippen LogP contribution in [0, 0.1) is 17.8 Å². The van der Waals surface area contributed by atoms with Crippen LogP contribution in [0.25, 0.3) is 0 Å². The summed E-state index contributed by atoms with van der Waals surface area (Å²) in [6.07, 6.45) is 5.20. The summed E-state index contributed by atoms with van der Waals surface area (Å²) in [5.74, 6) is -1.26. The number of carbonyl (C=O) groups is 2. The molecule has 0 aromatic heterocycles. The first-order valence-corrected chi connectivity index (χ1v) is 6.08. The molecule has 0 fully saturated rings. The lowest BCUT2D eigenvalue weighted by Crippen LogP contribution is -2.23. The highest BCUT2D eigenvalue weighted by Crippen LogP contribution is 2.23. The van der Waals surface area contributed by atoms with Crippen LogP contribution in [-0.4, -0.2) is 23.7 Å². The molecule has 0 amide bonds. The molecule has 0 saturated carbocycles. The summed E-state index contributed by atoms with van der Waals surface area (Å²) in [6.45, 7) is 4.60. The first kappa shape index (κ1) is 13.7. The van der Waals surface area contributed by atoms with Crippen LogP contribution in [0.3, 0.4) is 0 Å². The number of aliphatic carboxylic acids is 1. The van der Waals surface area contributed by atoms with Crippen molar-refractivity contribution in [3.8, 4) is 0 Å². The van der Waals surface area contributed by atoms with Gasteiger partial charge in [0, 0.05) is 0 Å². The van der Waals surface area contributed by atoms with Crippen molar-refractivity contribution in [2.75, 3.05) is 6.61 Å². The lowest BCUT2D eigenvalue weighted by atomic mass is 9.89. The zero-order valence-corrected chi connectivity index (χ0v) is 10.4. The summed E-state index contributed by atoms with van der Waals surface area (Å²) in [5, 5.41) is 8.80. The molecule has 0 bridgehead atoms. The van der Waals surface area contributed by atoms with E-state index in [1.54, 1.807) is 12.2 Å². The van der Waals surface area contributed by atoms with Crippen molar-refractivity contribution in [2.24, 2.45) is 17.8 Å². The van der Waals surface area contributed by atoms with Crippen LogP contribution in [-0.2, 0) is 14.3 Å². The van der Waals surface area contributed by atoms with E-state index in [4.69, 9.17) is 9.84 Å². The van der Waals surface area contributed by atoms with Crippen LogP contribution in [0.5, 0.6) is 0 Å². The van der Waals surface area contributed by atoms with Gasteiger partial charge in [-0.2, -0.15) is 0 Å². The molecule has 96 valence electrons. The van der Waals surface area contributed by atoms with Crippen molar-refractivity contribution in [3.63, 3.8) is 0 Å². The number of ether oxygens (including phenoxy) is 1. The molecule has 4 heteroatoms. The molecule has 2 unspecified atom stereocenters. The fourth-order valence-electron chi connectivity index (χ4n) is 1.72. The molecule has 4 nitrogen and oxygen atoms in total. The zero-order chi connectivity index (χ0) is 12.8. The lowest BCUT2D eigenvalue weighted by molar-refractivity contribution is -0.148. The van der Waals surface area contributed by atoms with Crippen LogP contribution < -0.4 is 0 Å². The van der Waals surface area contributed by atoms with Gasteiger partial charge in [0.05, 0.1) is 18.4 Å². The predicted octanol–water partition coefficient (Wildman–Crippen LogP) is 2.24. The van der Waals surface area contributed by atoms with Crippen LogP contribution in [0.2, 0.25) is 0 Å². The fraction of sp³-hybridized carbons (Fsp3) is 0.692. The van der Waals surface area contributed by atoms with E-state index in [0.29, 0.717) is 25.4 Å². The van der Waals surface area contributed by atoms with Gasteiger partial charge in [0.25, 0.3) is 0 Å². The molecule has 0 heterocycles. The van der Waals surface area contributed by atoms with E-state index in [2.05, 4.69) is 13.8 Å². The molecule has 1 aliphatic carbocycles. The molecule has 1 aliphatic rings. The Morgan fingerprint density at radius 2 is 1.88 bits per heavy atom. The standard InChI is InChI=1S/C13H20O4/c1-9(2)7-8-17-13(16)11-5-3-10(4-6-11)12(14)15/h3,5,9-11H,4,6-8H2,1-2H3,(H,14,15). The number of hydrogen-bond donors (Lipinski definition) is 1. The fourth-order valence-corrected chi connectivity index (χ4v) is 1.72. The molecule has 0 saturated heterocycles. The minimum Gasteiger partial charge on any atom is -0.481 e. The van der Waals surface area contributed by atoms with Crippen molar-refractivity contribution >= 4 is 11.9 Å². The van der Waals surface area contributed by atoms with E-state index in [-0.39, 0.29) is 11.9 Å². The van der Waals surface area contributed by atoms with E-state index >= 15 is 0 Å². The normalized spacial score (nSPS) is 23.7. The van der Waals surface area contributed by atoms with E-state index in [0.717, 1.165) is 6.42 Å². The lowest BCUT2D eigenvalue weighted by Gasteiger charge is -2.19. The third-order valence-electron chi connectivity index (χ3n) is 2.92. The maximum absolute atomic E-state index is 11.6. The maximum Gasteiger partial charge on any atom is 0.312 e. The highest BCUT2D eigenvalue weighted by Gasteiger charge is 2.25. The number of carboxylic acids is 1. The monoisotopic (exact) mass is 240 g/mol. The molecule has 0 aromatic rings. The van der Waals surface area contributed by atoms with Crippen molar-refractivity contribution in [1.29, 1.82) is 0 Å². The summed E-state index contributed by atoms with van der Waals surface area (Å²) in [7, 11) is 0. The molecule has 1 rings (SSSR count). The summed E-state index contributed by atoms with van der Waals surface area (Å²) >= 11 is 0. The first-order valence-electron chi connectivity index (χ1n) is 6.08. The quantitative estimate of drug-likeness (QED) is 0.591. The van der Waals surface area contributed by atoms with Crippen LogP contribution in [0.15, 0.2) is 12.2 Å². The van der Waals surface area contributed by atoms with E-state index in [1.807, 2.05) is 0 Å². The Morgan fingerprint density at radius 3 is 2.35 bits per heavy atom. The third kappa shape index (κ3) is 4.59. The van der Waals surface area contributed by atoms with Gasteiger partial charge in [-0.25, -0.2) is 0 Å². The average molecular weight is 240 g/mol. The molecular formula is C13H20O4. The maximum atomic E-state index is 11.6. The number of rotatable bonds is 5. The Hall–Kier alpha value is -1.32. The van der Waals surface area contributed by atoms with Crippen LogP contribution >= 0.6 is 0 Å². The van der Waals surface area contributed by atoms with Crippen molar-refractivity contribution in [1.82, 2.24) is 0 Å². The topological polar surface area (TPSA) is 63.6 Å². The zero-order valence-electron chi connectivity index (χ0n) is 10.4. The van der Waals surface area contributed by atoms with Gasteiger partial charge in [0.2, 0.25) is 0 Å². The molecule has 0 aliphatic heterocycles. The Morgan fingerprint density at radius 1 is 1.29 bits per heavy atom. The summed E-state index contributed by atoms with van der Waals surface area (Å²) in [6, 6.07) is 0. The SMILES string of the molecule is CC(C)CCOC(=O)C1C=CC(C(=O)O)CC1. The predicted molar refractivity (Wildman–Crippen MR) is 63.4 cm³/mol. The molecule has 2 atom stereocenters. The number of carboxylic acid groups (broad SMARTS) is 1. The Kier molecular flexibility index (Phi) is 5.19. The average Bonchev–Trinajstić information content (AvgIpc) is 2.28. The van der Waals surface area contributed by atoms with Gasteiger partial charge in [-0.05, 0) is 25.2 Å². The van der Waals surface area contributed by atoms with Gasteiger partial charge in [-0.15, -0.1) is 0 Å². The van der Waals surface area contributed by atoms with Crippen LogP contribution in [0.1, 0.15) is 33.1 Å². The van der Waals surface area contributed by atoms with Gasteiger partial charge in [0.1, 0.15) is 0 Å². The number of hydrogen-bond acceptors (Lipinski definition) is 3. The Labute approximate surface area is 102 Å². The van der Waals surface area contributed by atoms with E-state index in [9.17, 15) is 9.59 Å². The minimum absolute atomic E-state index is 0.231. The second-order valence-corrected chi connectivity index (χ2v) is 4.86. The molecule has 17 heavy (non-hydrogen) atoms. The molecule has 1 N–H and O–H groups in total. The Bertz CT molecular complexity index is 307. The number of esters is 1. The van der Waals surface area contributed by atoms with Gasteiger partial charge < -0.3 is 9.84 Å². The van der Waals surface area contributed by atoms with Gasteiger partial charge in [-0.3, -0.25) is 9.59 Å². The second kappa shape index (κ2) is 6.42. The van der Waals surface area contributed by atoms with Gasteiger partial charge in [0.15, 0.2) is 0 Å². The van der Waals surface area contributed by atoms with E-state index < -0.39 is 11.9 Å². The summed E-state index contributed by atoms with van der Waals surface area (Å²) in [4.78, 5) is 22.3. The van der Waals surface area contributed by atoms with Crippen molar-refractivity contribution in [3.05, 3.63) is 12.2 Å². The second-order valence-electron chi connectivity index (χ2n) is 4.86. The van der Waals surface area contributed by atoms with Gasteiger partial charge in [-0.1, -0.05) is 26.0 Å². The first-order chi connectivity index (χ1) is 8.00. The smallest absolute Gasteiger partial charge is 0.312 e. The summed E-state index contributed by atoms with van der Waals surface area (Å²) in [5.41, 5.74) is 0. The largest absolute Gasteiger partial charge is 0.481 e. The van der Waals surface area contributed by atoms with E-state index in [1.165, 1.54) is 0 Å². The van der Waals surface area contributed by atoms with Crippen molar-refractivity contribution < 1.29 is 19.4 Å². The third-order valence-corrected chi connectivity index (χ3v) is 2.92. The van der Waals surface area contributed by atoms with Gasteiger partial charge >= 0.3 is 11.9 Å². The highest BCUT2D eigenvalue weighted by atomic mass is 16.5. The Balaban J connectivity index is 2.35. The highest BCUT2D eigenvalue weighted by molar-refractivity contribution is 5.77. The van der Waals surface area contributed by atoms with Crippen LogP contribution in [0.4, 0.5) is 0 Å². The molecular weight excluding hydrogens is 220 g/mol. The molecule has 0 spiro atoms. The van der Waals surface area contributed by atoms with Crippen molar-refractivity contribution in [2.45, 2.75) is 33.1 Å². The molecule has 0 radical (unpaired) electrons. The summed E-state index contributed by atoms with van der Waals surface area (Å²) < 4.78 is 5.15. The molecule has 0 aromatic carbocycles. The minimum atomic E-state index is -0.826. The number of carbonyl (C=O) groups excluding carboxylic acids is 1.